The summed E-state index contributed by atoms with van der Waals surface area (Å²) in [6, 6.07) is 14.9. The number of rotatable bonds is 6. The SMILES string of the molecule is O=C(N/N=C\c1ccc(OCc2ccc(F)cc2)c(Br)c1)c1cccnc1. The number of hydrazone groups is 1. The molecule has 0 unspecified atom stereocenters. The highest BCUT2D eigenvalue weighted by Gasteiger charge is 2.04. The van der Waals surface area contributed by atoms with Crippen LogP contribution in [-0.2, 0) is 6.61 Å². The highest BCUT2D eigenvalue weighted by molar-refractivity contribution is 9.10. The van der Waals surface area contributed by atoms with Gasteiger partial charge in [-0.1, -0.05) is 12.1 Å². The molecule has 0 fully saturated rings. The molecule has 0 aliphatic heterocycles. The molecule has 1 aromatic heterocycles. The number of amides is 1. The zero-order valence-electron chi connectivity index (χ0n) is 14.1. The van der Waals surface area contributed by atoms with Crippen LogP contribution in [0.1, 0.15) is 21.5 Å². The average molecular weight is 428 g/mol. The summed E-state index contributed by atoms with van der Waals surface area (Å²) >= 11 is 3.45. The van der Waals surface area contributed by atoms with E-state index in [1.54, 1.807) is 36.5 Å². The molecule has 0 bridgehead atoms. The fourth-order valence-electron chi connectivity index (χ4n) is 2.18. The van der Waals surface area contributed by atoms with E-state index in [1.165, 1.54) is 24.5 Å². The number of hydrogen-bond acceptors (Lipinski definition) is 4. The van der Waals surface area contributed by atoms with Gasteiger partial charge in [-0.15, -0.1) is 0 Å². The number of halogens is 2. The summed E-state index contributed by atoms with van der Waals surface area (Å²) in [5.41, 5.74) is 4.52. The molecule has 3 aromatic rings. The van der Waals surface area contributed by atoms with E-state index in [1.807, 2.05) is 12.1 Å². The van der Waals surface area contributed by atoms with E-state index in [2.05, 4.69) is 31.4 Å². The van der Waals surface area contributed by atoms with Gasteiger partial charge < -0.3 is 4.74 Å². The predicted octanol–water partition coefficient (Wildman–Crippen LogP) is 4.33. The van der Waals surface area contributed by atoms with Crippen LogP contribution in [0.5, 0.6) is 5.75 Å². The third-order valence-electron chi connectivity index (χ3n) is 3.57. The van der Waals surface area contributed by atoms with E-state index in [0.717, 1.165) is 15.6 Å². The van der Waals surface area contributed by atoms with Gasteiger partial charge in [0, 0.05) is 12.4 Å². The van der Waals surface area contributed by atoms with Crippen molar-refractivity contribution in [3.05, 3.63) is 94.0 Å². The molecule has 0 atom stereocenters. The number of ether oxygens (including phenoxy) is 1. The van der Waals surface area contributed by atoms with Crippen molar-refractivity contribution in [1.29, 1.82) is 0 Å². The van der Waals surface area contributed by atoms with E-state index < -0.39 is 0 Å². The minimum atomic E-state index is -0.335. The largest absolute Gasteiger partial charge is 0.488 e. The topological polar surface area (TPSA) is 63.6 Å². The van der Waals surface area contributed by atoms with Crippen molar-refractivity contribution >= 4 is 28.1 Å². The average Bonchev–Trinajstić information content (AvgIpc) is 2.69. The monoisotopic (exact) mass is 427 g/mol. The Morgan fingerprint density at radius 3 is 2.74 bits per heavy atom. The van der Waals surface area contributed by atoms with Gasteiger partial charge in [-0.3, -0.25) is 9.78 Å². The summed E-state index contributed by atoms with van der Waals surface area (Å²) < 4.78 is 19.4. The van der Waals surface area contributed by atoms with Gasteiger partial charge in [0.2, 0.25) is 0 Å². The molecule has 0 spiro atoms. The number of aromatic nitrogens is 1. The molecule has 0 aliphatic rings. The Hall–Kier alpha value is -3.06. The Morgan fingerprint density at radius 1 is 1.22 bits per heavy atom. The molecule has 0 aliphatic carbocycles. The van der Waals surface area contributed by atoms with Crippen LogP contribution in [0.25, 0.3) is 0 Å². The molecule has 136 valence electrons. The van der Waals surface area contributed by atoms with Crippen LogP contribution in [0.4, 0.5) is 4.39 Å². The second-order valence-corrected chi connectivity index (χ2v) is 6.40. The lowest BCUT2D eigenvalue weighted by molar-refractivity contribution is 0.0955. The number of pyridine rings is 1. The lowest BCUT2D eigenvalue weighted by atomic mass is 10.2. The fourth-order valence-corrected chi connectivity index (χ4v) is 2.69. The van der Waals surface area contributed by atoms with Crippen LogP contribution < -0.4 is 10.2 Å². The van der Waals surface area contributed by atoms with Gasteiger partial charge >= 0.3 is 0 Å². The first kappa shape index (κ1) is 18.7. The Balaban J connectivity index is 1.57. The van der Waals surface area contributed by atoms with E-state index in [0.29, 0.717) is 17.9 Å². The maximum absolute atomic E-state index is 12.9. The Bertz CT molecular complexity index is 947. The minimum absolute atomic E-state index is 0.279. The number of benzene rings is 2. The molecule has 1 heterocycles. The van der Waals surface area contributed by atoms with Crippen molar-refractivity contribution < 1.29 is 13.9 Å². The smallest absolute Gasteiger partial charge is 0.272 e. The molecule has 0 saturated carbocycles. The van der Waals surface area contributed by atoms with E-state index in [9.17, 15) is 9.18 Å². The summed E-state index contributed by atoms with van der Waals surface area (Å²) in [7, 11) is 0. The van der Waals surface area contributed by atoms with Gasteiger partial charge in [-0.25, -0.2) is 9.82 Å². The molecule has 0 radical (unpaired) electrons. The van der Waals surface area contributed by atoms with Crippen LogP contribution in [0.2, 0.25) is 0 Å². The predicted molar refractivity (Wildman–Crippen MR) is 104 cm³/mol. The van der Waals surface area contributed by atoms with Crippen LogP contribution in [0.3, 0.4) is 0 Å². The number of hydrogen-bond donors (Lipinski definition) is 1. The Morgan fingerprint density at radius 2 is 2.04 bits per heavy atom. The summed E-state index contributed by atoms with van der Waals surface area (Å²) in [5, 5.41) is 3.94. The maximum Gasteiger partial charge on any atom is 0.272 e. The fraction of sp³-hybridized carbons (Fsp3) is 0.0500. The van der Waals surface area contributed by atoms with Crippen molar-refractivity contribution in [2.45, 2.75) is 6.61 Å². The molecule has 1 amide bonds. The maximum atomic E-state index is 12.9. The molecule has 5 nitrogen and oxygen atoms in total. The van der Waals surface area contributed by atoms with Gasteiger partial charge in [0.1, 0.15) is 18.2 Å². The van der Waals surface area contributed by atoms with E-state index in [-0.39, 0.29) is 11.7 Å². The molecule has 7 heteroatoms. The highest BCUT2D eigenvalue weighted by Crippen LogP contribution is 2.26. The third-order valence-corrected chi connectivity index (χ3v) is 4.19. The minimum Gasteiger partial charge on any atom is -0.488 e. The number of carbonyl (C=O) groups excluding carboxylic acids is 1. The van der Waals surface area contributed by atoms with Crippen LogP contribution in [0, 0.1) is 5.82 Å². The third kappa shape index (κ3) is 5.46. The molecule has 3 rings (SSSR count). The van der Waals surface area contributed by atoms with Crippen LogP contribution >= 0.6 is 15.9 Å². The summed E-state index contributed by atoms with van der Waals surface area (Å²) in [6.45, 7) is 0.327. The van der Waals surface area contributed by atoms with Gasteiger partial charge in [0.15, 0.2) is 0 Å². The zero-order chi connectivity index (χ0) is 19.1. The van der Waals surface area contributed by atoms with Crippen LogP contribution in [-0.4, -0.2) is 17.1 Å². The van der Waals surface area contributed by atoms with Crippen molar-refractivity contribution in [2.24, 2.45) is 5.10 Å². The first-order valence-electron chi connectivity index (χ1n) is 8.02. The van der Waals surface area contributed by atoms with Crippen molar-refractivity contribution in [3.63, 3.8) is 0 Å². The number of nitrogens with one attached hydrogen (secondary N) is 1. The van der Waals surface area contributed by atoms with Gasteiger partial charge in [0.25, 0.3) is 5.91 Å². The second-order valence-electron chi connectivity index (χ2n) is 5.55. The molecule has 2 aromatic carbocycles. The molecule has 0 saturated heterocycles. The number of nitrogens with zero attached hydrogens (tertiary/aromatic N) is 2. The van der Waals surface area contributed by atoms with Gasteiger partial charge in [0.05, 0.1) is 16.3 Å². The van der Waals surface area contributed by atoms with Crippen molar-refractivity contribution in [1.82, 2.24) is 10.4 Å². The van der Waals surface area contributed by atoms with Crippen LogP contribution in [0.15, 0.2) is 76.6 Å². The lowest BCUT2D eigenvalue weighted by Crippen LogP contribution is -2.17. The van der Waals surface area contributed by atoms with Crippen molar-refractivity contribution in [2.75, 3.05) is 0 Å². The first-order chi connectivity index (χ1) is 13.1. The summed E-state index contributed by atoms with van der Waals surface area (Å²) in [5.74, 6) is 0.0349. The normalized spacial score (nSPS) is 10.7. The van der Waals surface area contributed by atoms with Gasteiger partial charge in [-0.05, 0) is 69.5 Å². The first-order valence-corrected chi connectivity index (χ1v) is 8.81. The van der Waals surface area contributed by atoms with Crippen molar-refractivity contribution in [3.8, 4) is 5.75 Å². The Labute approximate surface area is 164 Å². The summed E-state index contributed by atoms with van der Waals surface area (Å²) in [6.07, 6.45) is 4.59. The quantitative estimate of drug-likeness (QED) is 0.470. The summed E-state index contributed by atoms with van der Waals surface area (Å²) in [4.78, 5) is 15.8. The standard InChI is InChI=1S/C20H15BrFN3O2/c21-18-10-15(11-24-25-20(26)16-2-1-9-23-12-16)5-8-19(18)27-13-14-3-6-17(22)7-4-14/h1-12H,13H2,(H,25,26)/b24-11-. The second kappa shape index (κ2) is 9.05. The molecule has 27 heavy (non-hydrogen) atoms. The number of carbonyl (C=O) groups is 1. The van der Waals surface area contributed by atoms with Gasteiger partial charge in [-0.2, -0.15) is 5.10 Å². The van der Waals surface area contributed by atoms with E-state index in [4.69, 9.17) is 4.74 Å². The molecular formula is C20H15BrFN3O2. The molecular weight excluding hydrogens is 413 g/mol. The molecule has 1 N–H and O–H groups in total. The van der Waals surface area contributed by atoms with E-state index >= 15 is 0 Å². The Kier molecular flexibility index (Phi) is 6.27. The highest BCUT2D eigenvalue weighted by atomic mass is 79.9. The zero-order valence-corrected chi connectivity index (χ0v) is 15.7. The lowest BCUT2D eigenvalue weighted by Gasteiger charge is -2.09.